The van der Waals surface area contributed by atoms with Crippen molar-refractivity contribution in [2.24, 2.45) is 0 Å². The number of imidazole rings is 2. The van der Waals surface area contributed by atoms with Crippen molar-refractivity contribution in [3.63, 3.8) is 0 Å². The first kappa shape index (κ1) is 36.0. The van der Waals surface area contributed by atoms with Crippen molar-refractivity contribution in [1.29, 1.82) is 0 Å². The Morgan fingerprint density at radius 1 is 0.312 bits per heavy atom. The molecule has 0 saturated heterocycles. The van der Waals surface area contributed by atoms with Crippen LogP contribution in [0, 0.1) is 0 Å². The Balaban J connectivity index is 0.910. The molecule has 13 rings (SSSR count). The third-order valence-corrected chi connectivity index (χ3v) is 12.6. The zero-order valence-electron chi connectivity index (χ0n) is 34.5. The Kier molecular flexibility index (Phi) is 8.11. The summed E-state index contributed by atoms with van der Waals surface area (Å²) in [5.41, 5.74) is 14.3. The van der Waals surface area contributed by atoms with Gasteiger partial charge in [0.1, 0.15) is 11.6 Å². The van der Waals surface area contributed by atoms with Crippen molar-refractivity contribution < 1.29 is 0 Å². The third-order valence-electron chi connectivity index (χ3n) is 12.6. The van der Waals surface area contributed by atoms with E-state index >= 15 is 0 Å². The highest BCUT2D eigenvalue weighted by Gasteiger charge is 2.21. The number of aromatic nitrogens is 6. The van der Waals surface area contributed by atoms with E-state index in [0.717, 1.165) is 100 Å². The van der Waals surface area contributed by atoms with Gasteiger partial charge in [-0.2, -0.15) is 0 Å². The van der Waals surface area contributed by atoms with Gasteiger partial charge in [-0.1, -0.05) is 133 Å². The Morgan fingerprint density at radius 3 is 1.19 bits per heavy atom. The Labute approximate surface area is 368 Å². The van der Waals surface area contributed by atoms with Gasteiger partial charge < -0.3 is 0 Å². The van der Waals surface area contributed by atoms with Gasteiger partial charge in [-0.05, 0) is 105 Å². The molecule has 0 bridgehead atoms. The van der Waals surface area contributed by atoms with Crippen LogP contribution in [0.2, 0.25) is 0 Å². The van der Waals surface area contributed by atoms with Gasteiger partial charge in [0.15, 0.2) is 0 Å². The summed E-state index contributed by atoms with van der Waals surface area (Å²) < 4.78 is 4.57. The van der Waals surface area contributed by atoms with Crippen LogP contribution >= 0.6 is 0 Å². The van der Waals surface area contributed by atoms with Crippen molar-refractivity contribution in [2.75, 3.05) is 0 Å². The molecule has 0 unspecified atom stereocenters. The van der Waals surface area contributed by atoms with Gasteiger partial charge in [-0.3, -0.25) is 19.1 Å². The number of pyridine rings is 2. The molecule has 9 aromatic carbocycles. The van der Waals surface area contributed by atoms with Gasteiger partial charge in [-0.15, -0.1) is 0 Å². The maximum atomic E-state index is 5.21. The number of benzene rings is 9. The molecule has 0 spiro atoms. The average molecular weight is 817 g/mol. The molecule has 6 heteroatoms. The summed E-state index contributed by atoms with van der Waals surface area (Å²) in [4.78, 5) is 20.5. The monoisotopic (exact) mass is 816 g/mol. The fourth-order valence-corrected chi connectivity index (χ4v) is 9.58. The van der Waals surface area contributed by atoms with Crippen LogP contribution in [0.1, 0.15) is 0 Å². The summed E-state index contributed by atoms with van der Waals surface area (Å²) in [6.07, 6.45) is 3.77. The fourth-order valence-electron chi connectivity index (χ4n) is 9.58. The van der Waals surface area contributed by atoms with Crippen molar-refractivity contribution in [3.8, 4) is 56.4 Å². The van der Waals surface area contributed by atoms with E-state index in [1.165, 1.54) is 21.5 Å². The van der Waals surface area contributed by atoms with E-state index in [0.29, 0.717) is 0 Å². The number of nitrogens with zero attached hydrogens (tertiary/aromatic N) is 6. The number of fused-ring (bicyclic) bond motifs is 6. The standard InChI is InChI=1S/C58H36N6/c1-3-13-41-35-43(27-21-37(41)11-1)57-61-49-17-5-7-19-53(49)63(57)51-31-29-45(55-47(51)15-9-33-59-55)39-23-25-40(26-24-39)46-30-32-52(48-16-10-34-60-56(46)48)64-54-20-8-6-18-50(54)62-58(64)44-28-22-38-12-2-4-14-42(38)36-44/h1-36H. The first-order chi connectivity index (χ1) is 31.7. The number of rotatable bonds is 6. The van der Waals surface area contributed by atoms with Gasteiger partial charge in [0.05, 0.1) is 44.5 Å². The Hall–Kier alpha value is -8.74. The molecule has 13 aromatic rings. The lowest BCUT2D eigenvalue weighted by molar-refractivity contribution is 1.11. The van der Waals surface area contributed by atoms with Crippen LogP contribution in [-0.2, 0) is 0 Å². The normalized spacial score (nSPS) is 11.8. The minimum Gasteiger partial charge on any atom is -0.292 e. The lowest BCUT2D eigenvalue weighted by atomic mass is 9.96. The molecule has 0 N–H and O–H groups in total. The molecular weight excluding hydrogens is 781 g/mol. The number of para-hydroxylation sites is 4. The van der Waals surface area contributed by atoms with Gasteiger partial charge in [0.25, 0.3) is 0 Å². The van der Waals surface area contributed by atoms with Gasteiger partial charge in [-0.25, -0.2) is 9.97 Å². The highest BCUT2D eigenvalue weighted by atomic mass is 15.1. The molecule has 64 heavy (non-hydrogen) atoms. The molecule has 0 saturated carbocycles. The number of hydrogen-bond donors (Lipinski definition) is 0. The van der Waals surface area contributed by atoms with Crippen LogP contribution in [-0.4, -0.2) is 29.1 Å². The van der Waals surface area contributed by atoms with E-state index in [4.69, 9.17) is 19.9 Å². The quantitative estimate of drug-likeness (QED) is 0.168. The summed E-state index contributed by atoms with van der Waals surface area (Å²) in [6.45, 7) is 0. The molecule has 0 radical (unpaired) electrons. The first-order valence-electron chi connectivity index (χ1n) is 21.5. The molecule has 0 aliphatic carbocycles. The number of hydrogen-bond acceptors (Lipinski definition) is 4. The van der Waals surface area contributed by atoms with Crippen LogP contribution in [0.15, 0.2) is 219 Å². The molecule has 6 nitrogen and oxygen atoms in total. The maximum Gasteiger partial charge on any atom is 0.145 e. The molecular formula is C58H36N6. The van der Waals surface area contributed by atoms with E-state index in [-0.39, 0.29) is 0 Å². The largest absolute Gasteiger partial charge is 0.292 e. The van der Waals surface area contributed by atoms with Gasteiger partial charge >= 0.3 is 0 Å². The van der Waals surface area contributed by atoms with E-state index in [1.807, 2.05) is 36.7 Å². The second-order valence-electron chi connectivity index (χ2n) is 16.3. The van der Waals surface area contributed by atoms with Crippen LogP contribution in [0.5, 0.6) is 0 Å². The highest BCUT2D eigenvalue weighted by Crippen LogP contribution is 2.40. The van der Waals surface area contributed by atoms with Gasteiger partial charge in [0.2, 0.25) is 0 Å². The molecule has 0 fully saturated rings. The predicted octanol–water partition coefficient (Wildman–Crippen LogP) is 14.4. The lowest BCUT2D eigenvalue weighted by Gasteiger charge is -2.16. The first-order valence-corrected chi connectivity index (χ1v) is 21.5. The van der Waals surface area contributed by atoms with Crippen molar-refractivity contribution in [3.05, 3.63) is 219 Å². The predicted molar refractivity (Wildman–Crippen MR) is 263 cm³/mol. The Bertz CT molecular complexity index is 3710. The van der Waals surface area contributed by atoms with E-state index < -0.39 is 0 Å². The van der Waals surface area contributed by atoms with Crippen LogP contribution in [0.25, 0.3) is 122 Å². The minimum atomic E-state index is 0.896. The second-order valence-corrected chi connectivity index (χ2v) is 16.3. The molecule has 0 atom stereocenters. The van der Waals surface area contributed by atoms with Crippen molar-refractivity contribution in [2.45, 2.75) is 0 Å². The zero-order valence-corrected chi connectivity index (χ0v) is 34.5. The summed E-state index contributed by atoms with van der Waals surface area (Å²) in [5.74, 6) is 1.79. The molecule has 298 valence electrons. The SMILES string of the molecule is c1ccc2cc(-c3nc4ccccc4n3-c3ccc(-c4ccc(-c5ccc(-n6c(-c7ccc8ccccc8c7)nc7ccccc76)c6cccnc56)cc4)c4ncccc34)ccc2c1. The van der Waals surface area contributed by atoms with Crippen molar-refractivity contribution >= 4 is 65.4 Å². The van der Waals surface area contributed by atoms with E-state index in [9.17, 15) is 0 Å². The maximum absolute atomic E-state index is 5.21. The summed E-state index contributed by atoms with van der Waals surface area (Å²) in [7, 11) is 0. The lowest BCUT2D eigenvalue weighted by Crippen LogP contribution is -2.00. The van der Waals surface area contributed by atoms with Crippen LogP contribution in [0.4, 0.5) is 0 Å². The smallest absolute Gasteiger partial charge is 0.145 e. The van der Waals surface area contributed by atoms with Gasteiger partial charge in [0, 0.05) is 45.4 Å². The summed E-state index contributed by atoms with van der Waals surface area (Å²) >= 11 is 0. The topological polar surface area (TPSA) is 61.4 Å². The molecule has 0 aliphatic heterocycles. The van der Waals surface area contributed by atoms with Crippen LogP contribution < -0.4 is 0 Å². The van der Waals surface area contributed by atoms with Crippen LogP contribution in [0.3, 0.4) is 0 Å². The molecule has 0 aliphatic rings. The minimum absolute atomic E-state index is 0.896. The molecule has 0 amide bonds. The summed E-state index contributed by atoms with van der Waals surface area (Å²) in [5, 5.41) is 6.87. The molecule has 4 heterocycles. The average Bonchev–Trinajstić information content (AvgIpc) is 3.95. The summed E-state index contributed by atoms with van der Waals surface area (Å²) in [6, 6.07) is 72.9. The fraction of sp³-hybridized carbons (Fsp3) is 0. The van der Waals surface area contributed by atoms with Crippen molar-refractivity contribution in [1.82, 2.24) is 29.1 Å². The zero-order chi connectivity index (χ0) is 42.1. The highest BCUT2D eigenvalue weighted by molar-refractivity contribution is 6.03. The molecule has 4 aromatic heterocycles. The van der Waals surface area contributed by atoms with E-state index in [1.54, 1.807) is 0 Å². The Morgan fingerprint density at radius 2 is 0.719 bits per heavy atom. The van der Waals surface area contributed by atoms with E-state index in [2.05, 4.69) is 191 Å². The third kappa shape index (κ3) is 5.73. The second kappa shape index (κ2) is 14.4.